The molecule has 1 aromatic heterocycles. The number of carbonyl (C=O) groups is 1. The van der Waals surface area contributed by atoms with Crippen molar-refractivity contribution >= 4 is 34.3 Å². The number of halogens is 1. The maximum Gasteiger partial charge on any atom is 0.303 e. The Morgan fingerprint density at radius 2 is 1.70 bits per heavy atom. The lowest BCUT2D eigenvalue weighted by Gasteiger charge is -2.38. The van der Waals surface area contributed by atoms with Crippen molar-refractivity contribution in [2.45, 2.75) is 57.4 Å². The third-order valence-corrected chi connectivity index (χ3v) is 8.00. The van der Waals surface area contributed by atoms with Gasteiger partial charge in [0.2, 0.25) is 0 Å². The third-order valence-electron chi connectivity index (χ3n) is 7.74. The molecule has 3 aromatic rings. The van der Waals surface area contributed by atoms with Crippen molar-refractivity contribution < 1.29 is 9.90 Å². The minimum atomic E-state index is -0.768. The molecule has 2 aliphatic heterocycles. The van der Waals surface area contributed by atoms with E-state index in [-0.39, 0.29) is 6.42 Å². The van der Waals surface area contributed by atoms with E-state index in [4.69, 9.17) is 26.7 Å². The van der Waals surface area contributed by atoms with Crippen molar-refractivity contribution in [1.82, 2.24) is 19.8 Å². The zero-order valence-electron chi connectivity index (χ0n) is 21.3. The minimum Gasteiger partial charge on any atom is -0.481 e. The number of hydrogen-bond acceptors (Lipinski definition) is 5. The molecular weight excluding hydrogens is 484 g/mol. The summed E-state index contributed by atoms with van der Waals surface area (Å²) < 4.78 is 0. The van der Waals surface area contributed by atoms with Crippen LogP contribution in [-0.4, -0.2) is 63.1 Å². The van der Waals surface area contributed by atoms with Gasteiger partial charge in [-0.05, 0) is 87.9 Å². The molecule has 0 amide bonds. The standard InChI is InChI=1S/C30H35ClN4O2/c1-21(34-18-14-25(15-19-34)35-16-4-5-17-35)23-10-13-26-28(20-23)32-27(6-2-3-7-29(36)37)30(33-26)22-8-11-24(31)12-9-22/h8-13,20,25H,1-7,14-19H2,(H,36,37). The first-order valence-electron chi connectivity index (χ1n) is 13.4. The van der Waals surface area contributed by atoms with Crippen molar-refractivity contribution in [3.8, 4) is 11.3 Å². The van der Waals surface area contributed by atoms with Crippen LogP contribution in [0.1, 0.15) is 56.2 Å². The molecule has 0 unspecified atom stereocenters. The van der Waals surface area contributed by atoms with Gasteiger partial charge in [-0.1, -0.05) is 36.4 Å². The number of fused-ring (bicyclic) bond motifs is 1. The largest absolute Gasteiger partial charge is 0.481 e. The van der Waals surface area contributed by atoms with Gasteiger partial charge in [-0.3, -0.25) is 4.79 Å². The Labute approximate surface area is 224 Å². The Balaban J connectivity index is 1.37. The van der Waals surface area contributed by atoms with E-state index < -0.39 is 5.97 Å². The molecule has 194 valence electrons. The zero-order chi connectivity index (χ0) is 25.8. The molecule has 0 saturated carbocycles. The fraction of sp³-hybridized carbons (Fsp3) is 0.433. The number of benzene rings is 2. The second-order valence-electron chi connectivity index (χ2n) is 10.2. The van der Waals surface area contributed by atoms with Gasteiger partial charge in [-0.25, -0.2) is 9.97 Å². The molecule has 2 saturated heterocycles. The van der Waals surface area contributed by atoms with Crippen molar-refractivity contribution in [3.05, 3.63) is 65.3 Å². The molecule has 0 aliphatic carbocycles. The van der Waals surface area contributed by atoms with Crippen LogP contribution >= 0.6 is 11.6 Å². The van der Waals surface area contributed by atoms with Crippen LogP contribution in [0.5, 0.6) is 0 Å². The first-order valence-corrected chi connectivity index (χ1v) is 13.8. The Kier molecular flexibility index (Phi) is 8.06. The summed E-state index contributed by atoms with van der Waals surface area (Å²) in [6, 6.07) is 14.6. The fourth-order valence-electron chi connectivity index (χ4n) is 5.64. The van der Waals surface area contributed by atoms with Crippen molar-refractivity contribution in [2.75, 3.05) is 26.2 Å². The number of unbranched alkanes of at least 4 members (excludes halogenated alkanes) is 1. The molecule has 2 fully saturated rings. The summed E-state index contributed by atoms with van der Waals surface area (Å²) in [6.07, 6.45) is 7.25. The van der Waals surface area contributed by atoms with E-state index >= 15 is 0 Å². The Hall–Kier alpha value is -2.96. The van der Waals surface area contributed by atoms with Crippen LogP contribution in [0.15, 0.2) is 49.0 Å². The molecule has 0 bridgehead atoms. The van der Waals surface area contributed by atoms with Gasteiger partial charge in [0.05, 0.1) is 22.4 Å². The van der Waals surface area contributed by atoms with E-state index in [1.807, 2.05) is 30.3 Å². The van der Waals surface area contributed by atoms with Crippen LogP contribution in [-0.2, 0) is 11.2 Å². The summed E-state index contributed by atoms with van der Waals surface area (Å²) in [5, 5.41) is 9.69. The zero-order valence-corrected chi connectivity index (χ0v) is 22.1. The first kappa shape index (κ1) is 25.7. The molecular formula is C30H35ClN4O2. The highest BCUT2D eigenvalue weighted by atomic mass is 35.5. The van der Waals surface area contributed by atoms with Crippen LogP contribution in [0.2, 0.25) is 5.02 Å². The Morgan fingerprint density at radius 3 is 2.41 bits per heavy atom. The number of carboxylic acid groups (broad SMARTS) is 1. The normalized spacial score (nSPS) is 16.9. The van der Waals surface area contributed by atoms with E-state index in [1.165, 1.54) is 38.8 Å². The number of piperidine rings is 1. The molecule has 3 heterocycles. The molecule has 0 atom stereocenters. The van der Waals surface area contributed by atoms with Gasteiger partial charge in [-0.2, -0.15) is 0 Å². The number of rotatable bonds is 9. The number of nitrogens with zero attached hydrogens (tertiary/aromatic N) is 4. The summed E-state index contributed by atoms with van der Waals surface area (Å²) in [4.78, 5) is 26.1. The van der Waals surface area contributed by atoms with Gasteiger partial charge >= 0.3 is 5.97 Å². The summed E-state index contributed by atoms with van der Waals surface area (Å²) in [6.45, 7) is 9.03. The average Bonchev–Trinajstić information content (AvgIpc) is 3.46. The average molecular weight is 519 g/mol. The summed E-state index contributed by atoms with van der Waals surface area (Å²) in [5.74, 6) is -0.768. The third kappa shape index (κ3) is 6.13. The van der Waals surface area contributed by atoms with Crippen LogP contribution in [0.4, 0.5) is 0 Å². The summed E-state index contributed by atoms with van der Waals surface area (Å²) in [7, 11) is 0. The Bertz CT molecular complexity index is 1260. The maximum atomic E-state index is 11.0. The molecule has 2 aromatic carbocycles. The molecule has 7 heteroatoms. The first-order chi connectivity index (χ1) is 18.0. The van der Waals surface area contributed by atoms with Crippen LogP contribution < -0.4 is 0 Å². The highest BCUT2D eigenvalue weighted by molar-refractivity contribution is 6.30. The predicted octanol–water partition coefficient (Wildman–Crippen LogP) is 6.28. The second-order valence-corrected chi connectivity index (χ2v) is 10.7. The topological polar surface area (TPSA) is 69.6 Å². The summed E-state index contributed by atoms with van der Waals surface area (Å²) >= 11 is 6.11. The van der Waals surface area contributed by atoms with Crippen LogP contribution in [0.25, 0.3) is 28.0 Å². The molecule has 6 nitrogen and oxygen atoms in total. The maximum absolute atomic E-state index is 11.0. The molecule has 5 rings (SSSR count). The van der Waals surface area contributed by atoms with E-state index in [0.717, 1.165) is 58.8 Å². The lowest BCUT2D eigenvalue weighted by molar-refractivity contribution is -0.137. The number of likely N-dealkylation sites (tertiary alicyclic amines) is 2. The quantitative estimate of drug-likeness (QED) is 0.336. The van der Waals surface area contributed by atoms with Crippen LogP contribution in [0.3, 0.4) is 0 Å². The summed E-state index contributed by atoms with van der Waals surface area (Å²) in [5.41, 5.74) is 6.48. The molecule has 1 N–H and O–H groups in total. The lowest BCUT2D eigenvalue weighted by atomic mass is 10.0. The molecule has 37 heavy (non-hydrogen) atoms. The predicted molar refractivity (Wildman–Crippen MR) is 150 cm³/mol. The minimum absolute atomic E-state index is 0.162. The second kappa shape index (κ2) is 11.6. The van der Waals surface area contributed by atoms with E-state index in [2.05, 4.69) is 28.5 Å². The van der Waals surface area contributed by atoms with Gasteiger partial charge in [0, 0.05) is 41.8 Å². The van der Waals surface area contributed by atoms with Gasteiger partial charge in [0.25, 0.3) is 0 Å². The number of aryl methyl sites for hydroxylation is 1. The number of hydrogen-bond donors (Lipinski definition) is 1. The van der Waals surface area contributed by atoms with Gasteiger partial charge in [-0.15, -0.1) is 0 Å². The fourth-order valence-corrected chi connectivity index (χ4v) is 5.77. The van der Waals surface area contributed by atoms with Crippen molar-refractivity contribution in [1.29, 1.82) is 0 Å². The smallest absolute Gasteiger partial charge is 0.303 e. The van der Waals surface area contributed by atoms with Crippen molar-refractivity contribution in [2.24, 2.45) is 0 Å². The van der Waals surface area contributed by atoms with Gasteiger partial charge in [0.15, 0.2) is 0 Å². The van der Waals surface area contributed by atoms with Crippen molar-refractivity contribution in [3.63, 3.8) is 0 Å². The number of aromatic nitrogens is 2. The number of aliphatic carboxylic acids is 1. The Morgan fingerprint density at radius 1 is 0.973 bits per heavy atom. The SMILES string of the molecule is C=C(c1ccc2nc(-c3ccc(Cl)cc3)c(CCCCC(=O)O)nc2c1)N1CCC(N2CCCC2)CC1. The highest BCUT2D eigenvalue weighted by Gasteiger charge is 2.27. The highest BCUT2D eigenvalue weighted by Crippen LogP contribution is 2.30. The lowest BCUT2D eigenvalue weighted by Crippen LogP contribution is -2.43. The van der Waals surface area contributed by atoms with E-state index in [9.17, 15) is 4.79 Å². The van der Waals surface area contributed by atoms with E-state index in [0.29, 0.717) is 23.9 Å². The van der Waals surface area contributed by atoms with Gasteiger partial charge < -0.3 is 14.9 Å². The molecule has 0 radical (unpaired) electrons. The molecule has 2 aliphatic rings. The monoisotopic (exact) mass is 518 g/mol. The van der Waals surface area contributed by atoms with Gasteiger partial charge in [0.1, 0.15) is 0 Å². The van der Waals surface area contributed by atoms with E-state index in [1.54, 1.807) is 0 Å². The number of carboxylic acids is 1. The molecule has 0 spiro atoms. The van der Waals surface area contributed by atoms with Crippen LogP contribution in [0, 0.1) is 0 Å².